The van der Waals surface area contributed by atoms with Gasteiger partial charge in [-0.2, -0.15) is 5.10 Å². The number of aliphatic hydroxyl groups is 1. The van der Waals surface area contributed by atoms with Crippen LogP contribution in [0.2, 0.25) is 0 Å². The summed E-state index contributed by atoms with van der Waals surface area (Å²) in [5.41, 5.74) is 3.06. The average Bonchev–Trinajstić information content (AvgIpc) is 3.60. The third kappa shape index (κ3) is 6.69. The zero-order valence-electron chi connectivity index (χ0n) is 20.6. The Bertz CT molecular complexity index is 1020. The van der Waals surface area contributed by atoms with Gasteiger partial charge in [-0.3, -0.25) is 4.90 Å². The second kappa shape index (κ2) is 11.6. The molecule has 182 valence electrons. The number of rotatable bonds is 13. The Hall–Kier alpha value is -2.67. The molecule has 0 saturated heterocycles. The third-order valence-corrected chi connectivity index (χ3v) is 6.00. The van der Waals surface area contributed by atoms with E-state index in [9.17, 15) is 5.11 Å². The Balaban J connectivity index is 1.65. The van der Waals surface area contributed by atoms with E-state index in [-0.39, 0.29) is 6.10 Å². The molecule has 34 heavy (non-hydrogen) atoms. The van der Waals surface area contributed by atoms with Gasteiger partial charge >= 0.3 is 0 Å². The fourth-order valence-electron chi connectivity index (χ4n) is 4.12. The number of benzene rings is 2. The van der Waals surface area contributed by atoms with Crippen LogP contribution < -0.4 is 4.74 Å². The minimum absolute atomic E-state index is 0.105. The normalized spacial score (nSPS) is 14.6. The Labute approximate surface area is 203 Å². The van der Waals surface area contributed by atoms with E-state index in [1.54, 1.807) is 0 Å². The summed E-state index contributed by atoms with van der Waals surface area (Å²) < 4.78 is 14.0. The number of hydrogen-bond donors (Lipinski definition) is 1. The van der Waals surface area contributed by atoms with Crippen LogP contribution in [0.25, 0.3) is 5.69 Å². The molecule has 1 saturated carbocycles. The van der Waals surface area contributed by atoms with Crippen LogP contribution in [0.15, 0.2) is 60.7 Å². The Morgan fingerprint density at radius 2 is 1.74 bits per heavy atom. The largest absolute Gasteiger partial charge is 0.439 e. The van der Waals surface area contributed by atoms with Crippen molar-refractivity contribution in [3.63, 3.8) is 0 Å². The lowest BCUT2D eigenvalue weighted by Crippen LogP contribution is -2.36. The van der Waals surface area contributed by atoms with Crippen molar-refractivity contribution >= 4 is 0 Å². The summed E-state index contributed by atoms with van der Waals surface area (Å²) in [7, 11) is 0. The minimum Gasteiger partial charge on any atom is -0.439 e. The maximum atomic E-state index is 10.7. The highest BCUT2D eigenvalue weighted by Crippen LogP contribution is 2.34. The Morgan fingerprint density at radius 1 is 1.06 bits per heavy atom. The summed E-state index contributed by atoms with van der Waals surface area (Å²) in [4.78, 5) is 2.34. The average molecular weight is 464 g/mol. The summed E-state index contributed by atoms with van der Waals surface area (Å²) in [5.74, 6) is 2.22. The van der Waals surface area contributed by atoms with Crippen molar-refractivity contribution in [3.8, 4) is 17.3 Å². The summed E-state index contributed by atoms with van der Waals surface area (Å²) in [6.45, 7) is 8.66. The molecular weight excluding hydrogens is 426 g/mol. The van der Waals surface area contributed by atoms with E-state index in [2.05, 4.69) is 11.8 Å². The van der Waals surface area contributed by atoms with Gasteiger partial charge in [0.25, 0.3) is 0 Å². The molecule has 0 unspecified atom stereocenters. The number of aryl methyl sites for hydroxylation is 1. The molecule has 2 aromatic carbocycles. The van der Waals surface area contributed by atoms with E-state index in [1.807, 2.05) is 79.2 Å². The van der Waals surface area contributed by atoms with E-state index in [0.717, 1.165) is 41.5 Å². The van der Waals surface area contributed by atoms with Crippen molar-refractivity contribution in [2.75, 3.05) is 19.7 Å². The van der Waals surface area contributed by atoms with Gasteiger partial charge < -0.3 is 14.6 Å². The van der Waals surface area contributed by atoms with Crippen LogP contribution in [0.3, 0.4) is 0 Å². The van der Waals surface area contributed by atoms with Crippen LogP contribution in [-0.2, 0) is 17.7 Å². The van der Waals surface area contributed by atoms with E-state index >= 15 is 0 Å². The second-order valence-corrected chi connectivity index (χ2v) is 9.42. The molecule has 6 heteroatoms. The molecule has 1 aromatic heterocycles. The molecule has 1 fully saturated rings. The van der Waals surface area contributed by atoms with Gasteiger partial charge in [0, 0.05) is 19.6 Å². The molecular formula is C28H37N3O3. The predicted octanol–water partition coefficient (Wildman–Crippen LogP) is 5.22. The molecule has 1 heterocycles. The lowest BCUT2D eigenvalue weighted by atomic mass is 10.1. The first kappa shape index (κ1) is 24.5. The fourth-order valence-corrected chi connectivity index (χ4v) is 4.12. The van der Waals surface area contributed by atoms with Crippen LogP contribution in [-0.4, -0.2) is 51.7 Å². The van der Waals surface area contributed by atoms with Crippen molar-refractivity contribution in [1.82, 2.24) is 14.7 Å². The van der Waals surface area contributed by atoms with Crippen LogP contribution in [0.5, 0.6) is 11.6 Å². The van der Waals surface area contributed by atoms with Gasteiger partial charge in [-0.1, -0.05) is 43.3 Å². The first-order valence-electron chi connectivity index (χ1n) is 12.4. The Kier molecular flexibility index (Phi) is 8.38. The highest BCUT2D eigenvalue weighted by Gasteiger charge is 2.28. The van der Waals surface area contributed by atoms with Crippen LogP contribution >= 0.6 is 0 Å². The molecule has 1 aliphatic rings. The zero-order valence-corrected chi connectivity index (χ0v) is 20.6. The lowest BCUT2D eigenvalue weighted by molar-refractivity contribution is -0.0101. The van der Waals surface area contributed by atoms with E-state index in [0.29, 0.717) is 25.6 Å². The first-order valence-corrected chi connectivity index (χ1v) is 12.4. The van der Waals surface area contributed by atoms with Gasteiger partial charge in [-0.15, -0.1) is 0 Å². The smallest absolute Gasteiger partial charge is 0.227 e. The minimum atomic E-state index is -0.533. The molecule has 0 amide bonds. The highest BCUT2D eigenvalue weighted by molar-refractivity contribution is 5.43. The fraction of sp³-hybridized carbons (Fsp3) is 0.464. The van der Waals surface area contributed by atoms with Crippen LogP contribution in [0, 0.1) is 5.92 Å². The van der Waals surface area contributed by atoms with Gasteiger partial charge in [0.05, 0.1) is 35.8 Å². The monoisotopic (exact) mass is 463 g/mol. The van der Waals surface area contributed by atoms with Crippen LogP contribution in [0.1, 0.15) is 44.9 Å². The summed E-state index contributed by atoms with van der Waals surface area (Å²) >= 11 is 0. The maximum Gasteiger partial charge on any atom is 0.227 e. The van der Waals surface area contributed by atoms with Gasteiger partial charge in [-0.25, -0.2) is 4.68 Å². The molecule has 0 aliphatic heterocycles. The van der Waals surface area contributed by atoms with Crippen molar-refractivity contribution in [2.45, 2.75) is 58.8 Å². The van der Waals surface area contributed by atoms with Crippen LogP contribution in [0.4, 0.5) is 0 Å². The van der Waals surface area contributed by atoms with Crippen molar-refractivity contribution < 1.29 is 14.6 Å². The number of hydrogen-bond acceptors (Lipinski definition) is 5. The number of nitrogens with zero attached hydrogens (tertiary/aromatic N) is 3. The molecule has 0 radical (unpaired) electrons. The lowest BCUT2D eigenvalue weighted by Gasteiger charge is -2.26. The standard InChI is InChI=1S/C28H37N3O3/c1-4-27-26(19-30(17-22-15-16-22)18-24(32)20-33-21(2)3)28(34-25-13-9-6-10-14-25)31(29-27)23-11-7-5-8-12-23/h5-14,21-22,24,32H,4,15-20H2,1-3H3/t24-/m1/s1. The molecule has 0 bridgehead atoms. The second-order valence-electron chi connectivity index (χ2n) is 9.42. The summed E-state index contributed by atoms with van der Waals surface area (Å²) in [6, 6.07) is 20.0. The van der Waals surface area contributed by atoms with Gasteiger partial charge in [0.15, 0.2) is 0 Å². The SMILES string of the molecule is CCc1nn(-c2ccccc2)c(Oc2ccccc2)c1CN(CC1CC1)C[C@@H](O)COC(C)C. The topological polar surface area (TPSA) is 59.8 Å². The van der Waals surface area contributed by atoms with E-state index < -0.39 is 6.10 Å². The van der Waals surface area contributed by atoms with Gasteiger partial charge in [-0.05, 0) is 63.3 Å². The third-order valence-electron chi connectivity index (χ3n) is 6.00. The molecule has 3 aromatic rings. The molecule has 1 aliphatic carbocycles. The first-order chi connectivity index (χ1) is 16.5. The molecule has 6 nitrogen and oxygen atoms in total. The van der Waals surface area contributed by atoms with Crippen molar-refractivity contribution in [1.29, 1.82) is 0 Å². The Morgan fingerprint density at radius 3 is 2.35 bits per heavy atom. The maximum absolute atomic E-state index is 10.7. The van der Waals surface area contributed by atoms with E-state index in [4.69, 9.17) is 14.6 Å². The van der Waals surface area contributed by atoms with E-state index in [1.165, 1.54) is 12.8 Å². The van der Waals surface area contributed by atoms with Crippen molar-refractivity contribution in [2.24, 2.45) is 5.92 Å². The summed E-state index contributed by atoms with van der Waals surface area (Å²) in [6.07, 6.45) is 2.89. The predicted molar refractivity (Wildman–Crippen MR) is 135 cm³/mol. The molecule has 4 rings (SSSR count). The number of ether oxygens (including phenoxy) is 2. The molecule has 1 N–H and O–H groups in total. The number of aromatic nitrogens is 2. The number of aliphatic hydroxyl groups excluding tert-OH is 1. The zero-order chi connectivity index (χ0) is 23.9. The quantitative estimate of drug-likeness (QED) is 0.376. The summed E-state index contributed by atoms with van der Waals surface area (Å²) in [5, 5.41) is 15.6. The molecule has 1 atom stereocenters. The highest BCUT2D eigenvalue weighted by atomic mass is 16.5. The van der Waals surface area contributed by atoms with Gasteiger partial charge in [0.2, 0.25) is 5.88 Å². The number of para-hydroxylation sites is 2. The van der Waals surface area contributed by atoms with Crippen molar-refractivity contribution in [3.05, 3.63) is 71.9 Å². The molecule has 0 spiro atoms. The van der Waals surface area contributed by atoms with Gasteiger partial charge in [0.1, 0.15) is 5.75 Å².